The van der Waals surface area contributed by atoms with Crippen molar-refractivity contribution in [2.24, 2.45) is 0 Å². The third kappa shape index (κ3) is 6.72. The summed E-state index contributed by atoms with van der Waals surface area (Å²) in [5.41, 5.74) is 1.37. The average Bonchev–Trinajstić information content (AvgIpc) is 2.74. The van der Waals surface area contributed by atoms with Crippen molar-refractivity contribution in [1.82, 2.24) is 0 Å². The maximum Gasteiger partial charge on any atom is 0.337 e. The maximum atomic E-state index is 12.6. The minimum absolute atomic E-state index is 0.0277. The van der Waals surface area contributed by atoms with Gasteiger partial charge in [0.25, 0.3) is 5.91 Å². The molecule has 2 aromatic carbocycles. The second-order valence-electron chi connectivity index (χ2n) is 6.62. The minimum atomic E-state index is -0.566. The highest BCUT2D eigenvalue weighted by atomic mass is 127. The lowest BCUT2D eigenvalue weighted by atomic mass is 10.1. The number of amides is 1. The van der Waals surface area contributed by atoms with E-state index in [4.69, 9.17) is 9.47 Å². The van der Waals surface area contributed by atoms with Crippen LogP contribution in [0.15, 0.2) is 42.0 Å². The Labute approximate surface area is 195 Å². The fraction of sp³-hybridized carbons (Fsp3) is 0.261. The van der Waals surface area contributed by atoms with E-state index in [-0.39, 0.29) is 11.7 Å². The zero-order valence-electron chi connectivity index (χ0n) is 17.7. The number of carbonyl (C=O) groups excluding carboxylic acids is 2. The summed E-state index contributed by atoms with van der Waals surface area (Å²) in [4.78, 5) is 24.1. The number of halogens is 1. The number of anilines is 1. The second kappa shape index (κ2) is 11.4. The Morgan fingerprint density at radius 3 is 2.45 bits per heavy atom. The molecule has 0 heterocycles. The van der Waals surface area contributed by atoms with Crippen molar-refractivity contribution in [3.63, 3.8) is 0 Å². The Bertz CT molecular complexity index is 1020. The van der Waals surface area contributed by atoms with Crippen molar-refractivity contribution in [1.29, 1.82) is 5.26 Å². The van der Waals surface area contributed by atoms with Gasteiger partial charge in [-0.25, -0.2) is 4.79 Å². The molecular formula is C23H23IN2O5. The molecule has 0 unspecified atom stereocenters. The monoisotopic (exact) mass is 534 g/mol. The summed E-state index contributed by atoms with van der Waals surface area (Å²) in [6.07, 6.45) is 1.46. The summed E-state index contributed by atoms with van der Waals surface area (Å²) in [7, 11) is 1.29. The van der Waals surface area contributed by atoms with Gasteiger partial charge in [-0.1, -0.05) is 0 Å². The first-order valence-electron chi connectivity index (χ1n) is 9.53. The molecule has 1 N–H and O–H groups in total. The number of nitrogens with zero attached hydrogens (tertiary/aromatic N) is 1. The van der Waals surface area contributed by atoms with Crippen LogP contribution in [0.5, 0.6) is 11.5 Å². The summed E-state index contributed by atoms with van der Waals surface area (Å²) in [5, 5.41) is 12.2. The van der Waals surface area contributed by atoms with E-state index in [9.17, 15) is 14.9 Å². The van der Waals surface area contributed by atoms with Gasteiger partial charge in [0, 0.05) is 5.69 Å². The second-order valence-corrected chi connectivity index (χ2v) is 7.78. The number of carbonyl (C=O) groups is 2. The van der Waals surface area contributed by atoms with Crippen LogP contribution in [-0.4, -0.2) is 31.7 Å². The highest BCUT2D eigenvalue weighted by molar-refractivity contribution is 14.1. The lowest BCUT2D eigenvalue weighted by Crippen LogP contribution is -2.13. The number of rotatable bonds is 8. The molecule has 0 saturated heterocycles. The molecule has 1 amide bonds. The van der Waals surface area contributed by atoms with Gasteiger partial charge in [-0.15, -0.1) is 0 Å². The van der Waals surface area contributed by atoms with Gasteiger partial charge in [0.05, 0.1) is 29.0 Å². The molecule has 0 radical (unpaired) electrons. The predicted octanol–water partition coefficient (Wildman–Crippen LogP) is 4.81. The molecule has 0 saturated carbocycles. The first-order valence-corrected chi connectivity index (χ1v) is 10.6. The Morgan fingerprint density at radius 1 is 1.23 bits per heavy atom. The van der Waals surface area contributed by atoms with E-state index < -0.39 is 11.9 Å². The van der Waals surface area contributed by atoms with E-state index in [0.717, 1.165) is 3.57 Å². The van der Waals surface area contributed by atoms with Crippen LogP contribution in [0.25, 0.3) is 6.08 Å². The molecule has 0 aliphatic carbocycles. The maximum absolute atomic E-state index is 12.6. The van der Waals surface area contributed by atoms with Crippen LogP contribution in [0.1, 0.15) is 36.7 Å². The fourth-order valence-corrected chi connectivity index (χ4v) is 3.36. The van der Waals surface area contributed by atoms with Crippen LogP contribution < -0.4 is 14.8 Å². The molecule has 8 heteroatoms. The standard InChI is InChI=1S/C23H23IN2O5/c1-5-30-20-12-15(11-19(24)21(20)31-14(2)3)10-17(13-25)22(27)26-18-8-6-16(7-9-18)23(28)29-4/h6-12,14H,5H2,1-4H3,(H,26,27)/b17-10+. The molecule has 7 nitrogen and oxygen atoms in total. The van der Waals surface area contributed by atoms with Crippen molar-refractivity contribution in [2.45, 2.75) is 26.9 Å². The lowest BCUT2D eigenvalue weighted by molar-refractivity contribution is -0.112. The zero-order valence-corrected chi connectivity index (χ0v) is 19.8. The van der Waals surface area contributed by atoms with E-state index in [1.165, 1.54) is 25.3 Å². The third-order valence-corrected chi connectivity index (χ3v) is 4.73. The fourth-order valence-electron chi connectivity index (χ4n) is 2.61. The van der Waals surface area contributed by atoms with Gasteiger partial charge in [0.1, 0.15) is 11.6 Å². The van der Waals surface area contributed by atoms with Crippen LogP contribution in [0.2, 0.25) is 0 Å². The normalized spacial score (nSPS) is 10.9. The Balaban J connectivity index is 2.28. The van der Waals surface area contributed by atoms with Crippen LogP contribution in [-0.2, 0) is 9.53 Å². The van der Waals surface area contributed by atoms with Crippen LogP contribution in [0.4, 0.5) is 5.69 Å². The van der Waals surface area contributed by atoms with Gasteiger partial charge in [0.15, 0.2) is 11.5 Å². The molecule has 0 bridgehead atoms. The number of hydrogen-bond acceptors (Lipinski definition) is 6. The topological polar surface area (TPSA) is 97.7 Å². The molecule has 0 aliphatic heterocycles. The van der Waals surface area contributed by atoms with E-state index in [2.05, 4.69) is 32.6 Å². The van der Waals surface area contributed by atoms with Gasteiger partial charge >= 0.3 is 5.97 Å². The Hall–Kier alpha value is -3.06. The summed E-state index contributed by atoms with van der Waals surface area (Å²) in [6, 6.07) is 11.7. The molecule has 31 heavy (non-hydrogen) atoms. The van der Waals surface area contributed by atoms with Gasteiger partial charge in [-0.3, -0.25) is 4.79 Å². The number of benzene rings is 2. The summed E-state index contributed by atoms with van der Waals surface area (Å²) in [6.45, 7) is 6.17. The van der Waals surface area contributed by atoms with E-state index in [1.54, 1.807) is 18.2 Å². The molecular weight excluding hydrogens is 511 g/mol. The van der Waals surface area contributed by atoms with E-state index in [1.807, 2.05) is 32.9 Å². The minimum Gasteiger partial charge on any atom is -0.490 e. The SMILES string of the molecule is CCOc1cc(/C=C(\C#N)C(=O)Nc2ccc(C(=O)OC)cc2)cc(I)c1OC(C)C. The number of ether oxygens (including phenoxy) is 3. The Morgan fingerprint density at radius 2 is 1.90 bits per heavy atom. The highest BCUT2D eigenvalue weighted by Crippen LogP contribution is 2.35. The molecule has 0 aliphatic rings. The van der Waals surface area contributed by atoms with Gasteiger partial charge in [0.2, 0.25) is 0 Å². The van der Waals surface area contributed by atoms with Gasteiger partial charge < -0.3 is 19.5 Å². The molecule has 0 fully saturated rings. The van der Waals surface area contributed by atoms with Crippen LogP contribution in [0.3, 0.4) is 0 Å². The number of hydrogen-bond donors (Lipinski definition) is 1. The predicted molar refractivity (Wildman–Crippen MR) is 126 cm³/mol. The van der Waals surface area contributed by atoms with Crippen LogP contribution >= 0.6 is 22.6 Å². The first-order chi connectivity index (χ1) is 14.8. The summed E-state index contributed by atoms with van der Waals surface area (Å²) in [5.74, 6) is 0.137. The largest absolute Gasteiger partial charge is 0.490 e. The lowest BCUT2D eigenvalue weighted by Gasteiger charge is -2.17. The summed E-state index contributed by atoms with van der Waals surface area (Å²) >= 11 is 2.14. The van der Waals surface area contributed by atoms with E-state index >= 15 is 0 Å². The third-order valence-electron chi connectivity index (χ3n) is 3.93. The zero-order chi connectivity index (χ0) is 23.0. The van der Waals surface area contributed by atoms with Crippen molar-refractivity contribution in [3.8, 4) is 17.6 Å². The number of methoxy groups -OCH3 is 1. The highest BCUT2D eigenvalue weighted by Gasteiger charge is 2.15. The molecule has 162 valence electrons. The smallest absolute Gasteiger partial charge is 0.337 e. The number of nitriles is 1. The summed E-state index contributed by atoms with van der Waals surface area (Å²) < 4.78 is 17.0. The quantitative estimate of drug-likeness (QED) is 0.226. The van der Waals surface area contributed by atoms with Gasteiger partial charge in [-0.05, 0) is 91.4 Å². The average molecular weight is 534 g/mol. The van der Waals surface area contributed by atoms with Gasteiger partial charge in [-0.2, -0.15) is 5.26 Å². The number of nitrogens with one attached hydrogen (secondary N) is 1. The Kier molecular flexibility index (Phi) is 8.88. The molecule has 2 aromatic rings. The van der Waals surface area contributed by atoms with E-state index in [0.29, 0.717) is 34.9 Å². The van der Waals surface area contributed by atoms with Crippen molar-refractivity contribution in [2.75, 3.05) is 19.0 Å². The van der Waals surface area contributed by atoms with Crippen LogP contribution in [0, 0.1) is 14.9 Å². The first kappa shape index (κ1) is 24.2. The van der Waals surface area contributed by atoms with Crippen molar-refractivity contribution in [3.05, 3.63) is 56.7 Å². The molecule has 2 rings (SSSR count). The molecule has 0 atom stereocenters. The van der Waals surface area contributed by atoms with Crippen molar-refractivity contribution < 1.29 is 23.8 Å². The molecule has 0 spiro atoms. The molecule has 0 aromatic heterocycles. The number of esters is 1. The van der Waals surface area contributed by atoms with Crippen molar-refractivity contribution >= 4 is 46.2 Å².